The number of nitrogens with zero attached hydrogens (tertiary/aromatic N) is 2. The van der Waals surface area contributed by atoms with Crippen molar-refractivity contribution < 1.29 is 4.74 Å². The molecule has 0 atom stereocenters. The molecule has 0 N–H and O–H groups in total. The molecule has 102 valence electrons. The van der Waals surface area contributed by atoms with E-state index in [2.05, 4.69) is 29.3 Å². The predicted molar refractivity (Wildman–Crippen MR) is 78.3 cm³/mol. The van der Waals surface area contributed by atoms with E-state index in [1.165, 1.54) is 5.56 Å². The molecule has 0 saturated carbocycles. The third kappa shape index (κ3) is 5.09. The van der Waals surface area contributed by atoms with Crippen LogP contribution in [0.2, 0.25) is 0 Å². The predicted octanol–water partition coefficient (Wildman–Crippen LogP) is 3.64. The minimum absolute atomic E-state index is 0.708. The van der Waals surface area contributed by atoms with Gasteiger partial charge in [-0.2, -0.15) is 0 Å². The number of benzene rings is 1. The van der Waals surface area contributed by atoms with Crippen molar-refractivity contribution in [3.8, 4) is 0 Å². The monoisotopic (exact) mass is 276 g/mol. The summed E-state index contributed by atoms with van der Waals surface area (Å²) in [5.74, 6) is 0. The first-order chi connectivity index (χ1) is 9.38. The first kappa shape index (κ1) is 14.2. The van der Waals surface area contributed by atoms with Crippen LogP contribution in [0.25, 0.3) is 0 Å². The summed E-state index contributed by atoms with van der Waals surface area (Å²) >= 11 is 1.73. The largest absolute Gasteiger partial charge is 0.377 e. The second-order valence-corrected chi connectivity index (χ2v) is 5.59. The summed E-state index contributed by atoms with van der Waals surface area (Å²) in [5, 5.41) is 10.6. The van der Waals surface area contributed by atoms with Crippen molar-refractivity contribution in [3.05, 3.63) is 45.9 Å². The molecule has 0 aliphatic rings. The molecule has 3 nitrogen and oxygen atoms in total. The van der Waals surface area contributed by atoms with Crippen molar-refractivity contribution in [2.45, 2.75) is 39.2 Å². The molecule has 0 spiro atoms. The lowest BCUT2D eigenvalue weighted by Crippen LogP contribution is -1.96. The molecule has 0 fully saturated rings. The van der Waals surface area contributed by atoms with Crippen LogP contribution >= 0.6 is 11.3 Å². The van der Waals surface area contributed by atoms with Gasteiger partial charge in [0.2, 0.25) is 0 Å². The van der Waals surface area contributed by atoms with Gasteiger partial charge in [0.1, 0.15) is 10.0 Å². The van der Waals surface area contributed by atoms with Crippen LogP contribution in [0.4, 0.5) is 0 Å². The van der Waals surface area contributed by atoms with E-state index in [1.54, 1.807) is 11.3 Å². The quantitative estimate of drug-likeness (QED) is 0.690. The zero-order valence-electron chi connectivity index (χ0n) is 11.3. The molecule has 2 aromatic rings. The molecule has 0 bridgehead atoms. The summed E-state index contributed by atoms with van der Waals surface area (Å²) < 4.78 is 5.65. The van der Waals surface area contributed by atoms with E-state index in [1.807, 2.05) is 18.2 Å². The van der Waals surface area contributed by atoms with Crippen LogP contribution in [0.5, 0.6) is 0 Å². The molecule has 0 unspecified atom stereocenters. The Balaban J connectivity index is 1.55. The average Bonchev–Trinajstić information content (AvgIpc) is 2.92. The van der Waals surface area contributed by atoms with Gasteiger partial charge in [-0.25, -0.2) is 0 Å². The standard InChI is InChI=1S/C15H20N2OS/c1-2-14-16-17-15(19-14)10-6-7-11-18-12-13-8-4-3-5-9-13/h3-5,8-9H,2,6-7,10-12H2,1H3. The molecule has 2 rings (SSSR count). The van der Waals surface area contributed by atoms with Gasteiger partial charge in [-0.15, -0.1) is 21.5 Å². The number of hydrogen-bond acceptors (Lipinski definition) is 4. The molecule has 0 aliphatic heterocycles. The fourth-order valence-corrected chi connectivity index (χ4v) is 2.60. The summed E-state index contributed by atoms with van der Waals surface area (Å²) in [5.41, 5.74) is 1.24. The molecule has 19 heavy (non-hydrogen) atoms. The van der Waals surface area contributed by atoms with E-state index >= 15 is 0 Å². The summed E-state index contributed by atoms with van der Waals surface area (Å²) in [6.45, 7) is 3.63. The van der Waals surface area contributed by atoms with Crippen LogP contribution in [0.3, 0.4) is 0 Å². The van der Waals surface area contributed by atoms with E-state index in [-0.39, 0.29) is 0 Å². The Morgan fingerprint density at radius 1 is 1.05 bits per heavy atom. The molecule has 0 saturated heterocycles. The van der Waals surface area contributed by atoms with Crippen molar-refractivity contribution in [3.63, 3.8) is 0 Å². The Hall–Kier alpha value is -1.26. The van der Waals surface area contributed by atoms with Crippen molar-refractivity contribution in [2.75, 3.05) is 6.61 Å². The molecule has 1 aromatic carbocycles. The van der Waals surface area contributed by atoms with Crippen LogP contribution in [-0.2, 0) is 24.2 Å². The zero-order valence-corrected chi connectivity index (χ0v) is 12.2. The summed E-state index contributed by atoms with van der Waals surface area (Å²) in [6.07, 6.45) is 4.20. The van der Waals surface area contributed by atoms with Gasteiger partial charge in [0, 0.05) is 13.0 Å². The average molecular weight is 276 g/mol. The maximum Gasteiger partial charge on any atom is 0.117 e. The number of ether oxygens (including phenoxy) is 1. The second kappa shape index (κ2) is 8.02. The van der Waals surface area contributed by atoms with Crippen molar-refractivity contribution >= 4 is 11.3 Å². The third-order valence-electron chi connectivity index (χ3n) is 2.85. The molecular weight excluding hydrogens is 256 g/mol. The fraction of sp³-hybridized carbons (Fsp3) is 0.467. The topological polar surface area (TPSA) is 35.0 Å². The lowest BCUT2D eigenvalue weighted by Gasteiger charge is -2.03. The Kier molecular flexibility index (Phi) is 5.98. The molecule has 0 aliphatic carbocycles. The van der Waals surface area contributed by atoms with E-state index < -0.39 is 0 Å². The maximum atomic E-state index is 5.65. The van der Waals surface area contributed by atoms with Crippen LogP contribution < -0.4 is 0 Å². The van der Waals surface area contributed by atoms with Crippen molar-refractivity contribution in [1.82, 2.24) is 10.2 Å². The number of aromatic nitrogens is 2. The van der Waals surface area contributed by atoms with Crippen LogP contribution in [-0.4, -0.2) is 16.8 Å². The molecule has 1 heterocycles. The number of unbranched alkanes of at least 4 members (excludes halogenated alkanes) is 1. The summed E-state index contributed by atoms with van der Waals surface area (Å²) in [7, 11) is 0. The Morgan fingerprint density at radius 3 is 2.58 bits per heavy atom. The lowest BCUT2D eigenvalue weighted by molar-refractivity contribution is 0.117. The highest BCUT2D eigenvalue weighted by Gasteiger charge is 2.01. The maximum absolute atomic E-state index is 5.65. The highest BCUT2D eigenvalue weighted by Crippen LogP contribution is 2.12. The van der Waals surface area contributed by atoms with Gasteiger partial charge in [0.15, 0.2) is 0 Å². The lowest BCUT2D eigenvalue weighted by atomic mass is 10.2. The minimum Gasteiger partial charge on any atom is -0.377 e. The van der Waals surface area contributed by atoms with Crippen molar-refractivity contribution in [2.24, 2.45) is 0 Å². The van der Waals surface area contributed by atoms with Gasteiger partial charge in [0.25, 0.3) is 0 Å². The number of hydrogen-bond donors (Lipinski definition) is 0. The molecule has 4 heteroatoms. The highest BCUT2D eigenvalue weighted by molar-refractivity contribution is 7.11. The van der Waals surface area contributed by atoms with Gasteiger partial charge >= 0.3 is 0 Å². The smallest absolute Gasteiger partial charge is 0.117 e. The van der Waals surface area contributed by atoms with Crippen LogP contribution in [0.1, 0.15) is 35.3 Å². The molecule has 0 amide bonds. The van der Waals surface area contributed by atoms with Gasteiger partial charge in [-0.1, -0.05) is 37.3 Å². The second-order valence-electron chi connectivity index (χ2n) is 4.44. The third-order valence-corrected chi connectivity index (χ3v) is 3.98. The van der Waals surface area contributed by atoms with E-state index in [9.17, 15) is 0 Å². The van der Waals surface area contributed by atoms with E-state index in [0.717, 1.165) is 42.3 Å². The first-order valence-electron chi connectivity index (χ1n) is 6.81. The highest BCUT2D eigenvalue weighted by atomic mass is 32.1. The molecule has 0 radical (unpaired) electrons. The van der Waals surface area contributed by atoms with Crippen LogP contribution in [0, 0.1) is 0 Å². The summed E-state index contributed by atoms with van der Waals surface area (Å²) in [4.78, 5) is 0. The minimum atomic E-state index is 0.708. The fourth-order valence-electron chi connectivity index (χ4n) is 1.78. The summed E-state index contributed by atoms with van der Waals surface area (Å²) in [6, 6.07) is 10.3. The number of rotatable bonds is 8. The van der Waals surface area contributed by atoms with E-state index in [4.69, 9.17) is 4.74 Å². The normalized spacial score (nSPS) is 10.8. The Morgan fingerprint density at radius 2 is 1.84 bits per heavy atom. The van der Waals surface area contributed by atoms with Gasteiger partial charge in [-0.05, 0) is 24.8 Å². The number of aryl methyl sites for hydroxylation is 2. The van der Waals surface area contributed by atoms with Crippen molar-refractivity contribution in [1.29, 1.82) is 0 Å². The zero-order chi connectivity index (χ0) is 13.3. The van der Waals surface area contributed by atoms with E-state index in [0.29, 0.717) is 6.61 Å². The Labute approximate surface area is 118 Å². The molecular formula is C15H20N2OS. The Bertz CT molecular complexity index is 470. The van der Waals surface area contributed by atoms with Gasteiger partial charge < -0.3 is 4.74 Å². The molecule has 1 aromatic heterocycles. The first-order valence-corrected chi connectivity index (χ1v) is 7.63. The SMILES string of the molecule is CCc1nnc(CCCCOCc2ccccc2)s1. The van der Waals surface area contributed by atoms with Gasteiger partial charge in [-0.3, -0.25) is 0 Å². The van der Waals surface area contributed by atoms with Crippen LogP contribution in [0.15, 0.2) is 30.3 Å². The van der Waals surface area contributed by atoms with Gasteiger partial charge in [0.05, 0.1) is 6.61 Å².